The van der Waals surface area contributed by atoms with Gasteiger partial charge < -0.3 is 4.90 Å². The van der Waals surface area contributed by atoms with Crippen LogP contribution < -0.4 is 0 Å². The molecule has 3 heteroatoms. The van der Waals surface area contributed by atoms with Gasteiger partial charge >= 0.3 is 0 Å². The van der Waals surface area contributed by atoms with E-state index in [9.17, 15) is 4.79 Å². The number of carbonyl (C=O) groups is 1. The average molecular weight is 276 g/mol. The highest BCUT2D eigenvalue weighted by atomic mass is 79.9. The molecule has 0 aromatic carbocycles. The van der Waals surface area contributed by atoms with E-state index in [-0.39, 0.29) is 0 Å². The highest BCUT2D eigenvalue weighted by Crippen LogP contribution is 2.29. The van der Waals surface area contributed by atoms with E-state index in [2.05, 4.69) is 22.9 Å². The van der Waals surface area contributed by atoms with Crippen molar-refractivity contribution in [2.24, 2.45) is 11.8 Å². The predicted octanol–water partition coefficient (Wildman–Crippen LogP) is 3.06. The zero-order valence-corrected chi connectivity index (χ0v) is 11.4. The van der Waals surface area contributed by atoms with Crippen molar-refractivity contribution in [1.29, 1.82) is 0 Å². The summed E-state index contributed by atoms with van der Waals surface area (Å²) in [6.07, 6.45) is 5.69. The number of carbonyl (C=O) groups excluding carboxylic acids is 1. The molecule has 1 fully saturated rings. The van der Waals surface area contributed by atoms with Crippen molar-refractivity contribution in [3.8, 4) is 0 Å². The molecule has 0 spiro atoms. The molecule has 0 radical (unpaired) electrons. The highest BCUT2D eigenvalue weighted by molar-refractivity contribution is 9.09. The number of hydrogen-bond acceptors (Lipinski definition) is 1. The molecule has 0 unspecified atom stereocenters. The Kier molecular flexibility index (Phi) is 5.65. The Hall–Kier alpha value is -0.0500. The maximum Gasteiger partial charge on any atom is 0.225 e. The van der Waals surface area contributed by atoms with Gasteiger partial charge in [-0.2, -0.15) is 0 Å². The van der Waals surface area contributed by atoms with Crippen LogP contribution in [0.5, 0.6) is 0 Å². The molecule has 2 nitrogen and oxygen atoms in total. The van der Waals surface area contributed by atoms with Crippen molar-refractivity contribution in [3.05, 3.63) is 0 Å². The van der Waals surface area contributed by atoms with E-state index in [1.165, 1.54) is 12.8 Å². The Labute approximate surface area is 102 Å². The van der Waals surface area contributed by atoms with Gasteiger partial charge in [0.1, 0.15) is 0 Å². The maximum atomic E-state index is 12.0. The average Bonchev–Trinajstić information content (AvgIpc) is 2.26. The second kappa shape index (κ2) is 6.51. The zero-order chi connectivity index (χ0) is 11.3. The van der Waals surface area contributed by atoms with Crippen molar-refractivity contribution < 1.29 is 4.79 Å². The third-order valence-electron chi connectivity index (χ3n) is 3.37. The van der Waals surface area contributed by atoms with Crippen molar-refractivity contribution in [2.45, 2.75) is 39.0 Å². The topological polar surface area (TPSA) is 20.3 Å². The van der Waals surface area contributed by atoms with E-state index in [1.807, 2.05) is 11.9 Å². The van der Waals surface area contributed by atoms with E-state index in [1.54, 1.807) is 0 Å². The van der Waals surface area contributed by atoms with Gasteiger partial charge in [-0.1, -0.05) is 22.9 Å². The Morgan fingerprint density at radius 2 is 1.93 bits per heavy atom. The number of nitrogens with zero attached hydrogens (tertiary/aromatic N) is 1. The lowest BCUT2D eigenvalue weighted by Gasteiger charge is -2.29. The van der Waals surface area contributed by atoms with E-state index in [0.29, 0.717) is 11.8 Å². The molecule has 1 aliphatic carbocycles. The number of amides is 1. The Morgan fingerprint density at radius 1 is 1.33 bits per heavy atom. The van der Waals surface area contributed by atoms with Crippen molar-refractivity contribution >= 4 is 21.8 Å². The first-order valence-corrected chi connectivity index (χ1v) is 7.08. The van der Waals surface area contributed by atoms with Crippen LogP contribution in [0.15, 0.2) is 0 Å². The Morgan fingerprint density at radius 3 is 2.47 bits per heavy atom. The minimum absolute atomic E-state index is 0.307. The molecule has 0 heterocycles. The molecular weight excluding hydrogens is 254 g/mol. The van der Waals surface area contributed by atoms with Gasteiger partial charge in [-0.15, -0.1) is 0 Å². The Bertz CT molecular complexity index is 200. The van der Waals surface area contributed by atoms with E-state index >= 15 is 0 Å². The smallest absolute Gasteiger partial charge is 0.225 e. The van der Waals surface area contributed by atoms with Gasteiger partial charge in [0, 0.05) is 24.8 Å². The molecule has 1 rings (SSSR count). The van der Waals surface area contributed by atoms with Gasteiger partial charge in [-0.05, 0) is 38.0 Å². The van der Waals surface area contributed by atoms with Crippen LogP contribution in [0.1, 0.15) is 39.0 Å². The normalized spacial score (nSPS) is 26.3. The second-order valence-electron chi connectivity index (χ2n) is 4.76. The van der Waals surface area contributed by atoms with Gasteiger partial charge in [0.25, 0.3) is 0 Å². The summed E-state index contributed by atoms with van der Waals surface area (Å²) in [5, 5.41) is 0.978. The molecule has 1 amide bonds. The van der Waals surface area contributed by atoms with Crippen LogP contribution in [0.25, 0.3) is 0 Å². The summed E-state index contributed by atoms with van der Waals surface area (Å²) in [6.45, 7) is 3.17. The lowest BCUT2D eigenvalue weighted by atomic mass is 9.82. The summed E-state index contributed by atoms with van der Waals surface area (Å²) >= 11 is 3.39. The van der Waals surface area contributed by atoms with Gasteiger partial charge in [0.2, 0.25) is 5.91 Å². The van der Waals surface area contributed by atoms with E-state index in [0.717, 1.165) is 37.1 Å². The predicted molar refractivity (Wildman–Crippen MR) is 67.2 cm³/mol. The summed E-state index contributed by atoms with van der Waals surface area (Å²) in [7, 11) is 1.93. The van der Waals surface area contributed by atoms with Gasteiger partial charge in [0.15, 0.2) is 0 Å². The molecule has 0 atom stereocenters. The molecular formula is C12H22BrNO. The first-order valence-electron chi connectivity index (χ1n) is 5.96. The molecule has 0 saturated heterocycles. The number of alkyl halides is 1. The molecule has 0 bridgehead atoms. The molecule has 0 N–H and O–H groups in total. The first kappa shape index (κ1) is 13.0. The number of halogens is 1. The van der Waals surface area contributed by atoms with Crippen molar-refractivity contribution in [2.75, 3.05) is 18.9 Å². The van der Waals surface area contributed by atoms with E-state index in [4.69, 9.17) is 0 Å². The SMILES string of the molecule is CC1CCC(C(=O)N(C)CCCBr)CC1. The van der Waals surface area contributed by atoms with Crippen LogP contribution in [-0.2, 0) is 4.79 Å². The van der Waals surface area contributed by atoms with Crippen LogP contribution >= 0.6 is 15.9 Å². The molecule has 88 valence electrons. The minimum atomic E-state index is 0.307. The summed E-state index contributed by atoms with van der Waals surface area (Å²) in [5.74, 6) is 1.49. The van der Waals surface area contributed by atoms with Crippen molar-refractivity contribution in [3.63, 3.8) is 0 Å². The third-order valence-corrected chi connectivity index (χ3v) is 3.93. The van der Waals surface area contributed by atoms with Crippen LogP contribution in [0.4, 0.5) is 0 Å². The summed E-state index contributed by atoms with van der Waals surface area (Å²) < 4.78 is 0. The summed E-state index contributed by atoms with van der Waals surface area (Å²) in [4.78, 5) is 13.9. The largest absolute Gasteiger partial charge is 0.345 e. The fraction of sp³-hybridized carbons (Fsp3) is 0.917. The number of hydrogen-bond donors (Lipinski definition) is 0. The molecule has 1 aliphatic rings. The lowest BCUT2D eigenvalue weighted by molar-refractivity contribution is -0.135. The Balaban J connectivity index is 2.32. The van der Waals surface area contributed by atoms with E-state index < -0.39 is 0 Å². The molecule has 0 aromatic rings. The molecule has 15 heavy (non-hydrogen) atoms. The van der Waals surface area contributed by atoms with Gasteiger partial charge in [-0.25, -0.2) is 0 Å². The third kappa shape index (κ3) is 4.13. The van der Waals surface area contributed by atoms with Crippen LogP contribution in [0.3, 0.4) is 0 Å². The summed E-state index contributed by atoms with van der Waals surface area (Å²) in [6, 6.07) is 0. The monoisotopic (exact) mass is 275 g/mol. The van der Waals surface area contributed by atoms with Crippen LogP contribution in [-0.4, -0.2) is 29.7 Å². The van der Waals surface area contributed by atoms with Gasteiger partial charge in [0.05, 0.1) is 0 Å². The second-order valence-corrected chi connectivity index (χ2v) is 5.55. The molecule has 0 aliphatic heterocycles. The van der Waals surface area contributed by atoms with Crippen molar-refractivity contribution in [1.82, 2.24) is 4.90 Å². The van der Waals surface area contributed by atoms with Crippen LogP contribution in [0, 0.1) is 11.8 Å². The van der Waals surface area contributed by atoms with Crippen LogP contribution in [0.2, 0.25) is 0 Å². The lowest BCUT2D eigenvalue weighted by Crippen LogP contribution is -2.35. The first-order chi connectivity index (χ1) is 7.15. The van der Waals surface area contributed by atoms with Gasteiger partial charge in [-0.3, -0.25) is 4.79 Å². The fourth-order valence-electron chi connectivity index (χ4n) is 2.23. The molecule has 1 saturated carbocycles. The standard InChI is InChI=1S/C12H22BrNO/c1-10-4-6-11(7-5-10)12(15)14(2)9-3-8-13/h10-11H,3-9H2,1-2H3. The summed E-state index contributed by atoms with van der Waals surface area (Å²) in [5.41, 5.74) is 0. The number of rotatable bonds is 4. The highest BCUT2D eigenvalue weighted by Gasteiger charge is 2.26. The minimum Gasteiger partial charge on any atom is -0.345 e. The fourth-order valence-corrected chi connectivity index (χ4v) is 2.48. The quantitative estimate of drug-likeness (QED) is 0.723. The zero-order valence-electron chi connectivity index (χ0n) is 9.84. The molecule has 0 aromatic heterocycles. The maximum absolute atomic E-state index is 12.0.